The molecule has 0 bridgehead atoms. The minimum atomic E-state index is -0.155. The molecule has 21 aromatic carbocycles. The van der Waals surface area contributed by atoms with Crippen molar-refractivity contribution in [2.75, 3.05) is 0 Å². The molecule has 0 amide bonds. The molecule has 8 heteroatoms. The number of fused-ring (bicyclic) bond motifs is 28. The van der Waals surface area contributed by atoms with E-state index in [1.165, 1.54) is 164 Å². The lowest BCUT2D eigenvalue weighted by molar-refractivity contribution is 0.660. The summed E-state index contributed by atoms with van der Waals surface area (Å²) >= 11 is 0. The van der Waals surface area contributed by atoms with Gasteiger partial charge in [-0.25, -0.2) is 9.97 Å². The van der Waals surface area contributed by atoms with Crippen LogP contribution in [0.1, 0.15) is 74.9 Å². The molecule has 3 aliphatic rings. The zero-order valence-electron chi connectivity index (χ0n) is 80.8. The van der Waals surface area contributed by atoms with Gasteiger partial charge in [-0.3, -0.25) is 0 Å². The van der Waals surface area contributed by atoms with Crippen molar-refractivity contribution in [3.8, 4) is 124 Å². The van der Waals surface area contributed by atoms with Crippen LogP contribution in [0.5, 0.6) is 0 Å². The van der Waals surface area contributed by atoms with E-state index in [0.717, 1.165) is 128 Å². The summed E-state index contributed by atoms with van der Waals surface area (Å²) in [6.45, 7) is 14.2. The fraction of sp³-hybridized carbons (Fsp3) is 0.0657. The quantitative estimate of drug-likeness (QED) is 0.130. The summed E-state index contributed by atoms with van der Waals surface area (Å²) in [6, 6.07) is 169. The summed E-state index contributed by atoms with van der Waals surface area (Å²) < 4.78 is 14.8. The molecule has 0 radical (unpaired) electrons. The summed E-state index contributed by atoms with van der Waals surface area (Å²) in [5.41, 5.74) is 46.3. The van der Waals surface area contributed by atoms with Crippen LogP contribution in [0, 0.1) is 0 Å². The second kappa shape index (κ2) is 29.9. The maximum absolute atomic E-state index is 5.94. The average molecular weight is 1850 g/mol. The molecule has 0 saturated heterocycles. The van der Waals surface area contributed by atoms with Gasteiger partial charge in [0.1, 0.15) is 0 Å². The Balaban J connectivity index is 0.555. The lowest BCUT2D eigenvalue weighted by Gasteiger charge is -2.22. The molecule has 0 saturated carbocycles. The van der Waals surface area contributed by atoms with Crippen molar-refractivity contribution in [3.63, 3.8) is 0 Å². The van der Waals surface area contributed by atoms with Crippen LogP contribution in [0.3, 0.4) is 0 Å². The molecular weight excluding hydrogens is 1760 g/mol. The maximum Gasteiger partial charge on any atom is 0.160 e. The predicted molar refractivity (Wildman–Crippen MR) is 605 cm³/mol. The van der Waals surface area contributed by atoms with Gasteiger partial charge in [0.25, 0.3) is 0 Å². The average Bonchev–Trinajstić information content (AvgIpc) is 1.59. The largest absolute Gasteiger partial charge is 0.309 e. The molecule has 3 aliphatic carbocycles. The monoisotopic (exact) mass is 1850 g/mol. The van der Waals surface area contributed by atoms with Crippen molar-refractivity contribution in [2.45, 2.75) is 57.8 Å². The molecule has 31 rings (SSSR count). The third kappa shape index (κ3) is 11.6. The second-order valence-electron chi connectivity index (χ2n) is 41.9. The molecule has 0 N–H and O–H groups in total. The first-order chi connectivity index (χ1) is 71.1. The van der Waals surface area contributed by atoms with Crippen LogP contribution in [0.4, 0.5) is 0 Å². The molecule has 0 atom stereocenters. The number of nitrogens with zero attached hydrogens (tertiary/aromatic N) is 8. The highest BCUT2D eigenvalue weighted by Gasteiger charge is 2.40. The first-order valence-electron chi connectivity index (χ1n) is 50.6. The highest BCUT2D eigenvalue weighted by Crippen LogP contribution is 2.55. The fourth-order valence-corrected chi connectivity index (χ4v) is 26.2. The van der Waals surface area contributed by atoms with E-state index in [2.05, 4.69) is 518 Å². The molecule has 0 unspecified atom stereocenters. The Labute approximate surface area is 836 Å². The van der Waals surface area contributed by atoms with Crippen LogP contribution in [0.2, 0.25) is 0 Å². The highest BCUT2D eigenvalue weighted by molar-refractivity contribution is 6.18. The van der Waals surface area contributed by atoms with Crippen LogP contribution in [0.25, 0.3) is 265 Å². The summed E-state index contributed by atoms with van der Waals surface area (Å²) in [5, 5.41) is 15.4. The number of benzene rings is 21. The number of rotatable bonds is 11. The Hall–Kier alpha value is -18.2. The minimum absolute atomic E-state index is 0.144. The molecule has 0 aliphatic heterocycles. The summed E-state index contributed by atoms with van der Waals surface area (Å²) in [6.07, 6.45) is 0. The molecule has 28 aromatic rings. The first kappa shape index (κ1) is 81.6. The molecule has 7 aromatic heterocycles. The zero-order valence-corrected chi connectivity index (χ0v) is 80.8. The van der Waals surface area contributed by atoms with Crippen molar-refractivity contribution >= 4 is 142 Å². The van der Waals surface area contributed by atoms with Gasteiger partial charge >= 0.3 is 0 Å². The summed E-state index contributed by atoms with van der Waals surface area (Å²) in [7, 11) is 0. The fourth-order valence-electron chi connectivity index (χ4n) is 26.2. The number of hydrogen-bond donors (Lipinski definition) is 0. The number of para-hydroxylation sites is 6. The SMILES string of the molecule is CC1(C)c2ccccc2-c2ccc(-n3c4ccccc4c4ccc(-c5ccc6c7ccccc7n(-c7ccc(-c8nc(-c9cccc(-n%10c%11ccccc%11c%11ccc(-c%12ccc%13c%14ccccc%14n(-c%14ccc%15c(c%14)C(C)(C)c%14ccccc%14-%15)c%13c%12)cc%11%10)c9)c9cc(-n%10c%11ccccc%11c%11ccc(-c%12ccc%13c%14ccccc%14n(-c%14ccc%15c(c%14)C(C)(C)c%14ccccc%14-%15)c%13c%12)cc%11%10)ccc9n8)cc7)c6c5)cc43)cc21. The van der Waals surface area contributed by atoms with Crippen molar-refractivity contribution in [2.24, 2.45) is 0 Å². The Bertz CT molecular complexity index is 10600. The van der Waals surface area contributed by atoms with Crippen LogP contribution in [-0.4, -0.2) is 37.4 Å². The van der Waals surface area contributed by atoms with Gasteiger partial charge in [-0.1, -0.05) is 327 Å². The van der Waals surface area contributed by atoms with Crippen molar-refractivity contribution in [1.82, 2.24) is 37.4 Å². The molecule has 680 valence electrons. The summed E-state index contributed by atoms with van der Waals surface area (Å²) in [5.74, 6) is 0.629. The van der Waals surface area contributed by atoms with Crippen LogP contribution in [0.15, 0.2) is 449 Å². The third-order valence-corrected chi connectivity index (χ3v) is 33.2. The van der Waals surface area contributed by atoms with Gasteiger partial charge in [-0.15, -0.1) is 0 Å². The molecular formula is C137H92N8. The first-order valence-corrected chi connectivity index (χ1v) is 50.6. The van der Waals surface area contributed by atoms with E-state index in [1.54, 1.807) is 0 Å². The molecule has 0 spiro atoms. The van der Waals surface area contributed by atoms with E-state index in [4.69, 9.17) is 9.97 Å². The normalized spacial score (nSPS) is 13.8. The Morgan fingerprint density at radius 1 is 0.152 bits per heavy atom. The van der Waals surface area contributed by atoms with Gasteiger partial charge in [0.2, 0.25) is 0 Å². The van der Waals surface area contributed by atoms with Crippen LogP contribution < -0.4 is 0 Å². The standard InChI is InChI=1S/C137H92N8/c1-135(2)114-37-16-7-28-95(114)98-66-56-92(78-117(98)135)143-124-43-22-13-34-104(124)110-63-51-85(74-130(110)143)82-48-60-107-101-31-10-19-40-121(101)140(127(107)71-82)89-54-46-81(47-55-89)134-138-120-69-59-91(142-123-42-21-12-33-103(123)109-62-50-84(73-129(109)142)87-53-65-112-106-36-15-24-45-126(106)145(132(112)76-87)94-58-68-100-97-30-9-18-39-116(97)137(5,6)119(100)80-94)77-113(120)133(139-134)88-26-25-27-90(70-88)141-122-41-20-11-32-102(122)108-61-49-83(72-128(108)141)86-52-64-111-105-35-14-23-44-125(105)144(131(111)75-86)93-57-67-99-96-29-8-17-38-115(96)136(3,4)118(99)79-93/h7-80H,1-6H3. The van der Waals surface area contributed by atoms with E-state index in [9.17, 15) is 0 Å². The van der Waals surface area contributed by atoms with E-state index in [-0.39, 0.29) is 16.2 Å². The van der Waals surface area contributed by atoms with Gasteiger partial charge in [0.05, 0.1) is 77.4 Å². The van der Waals surface area contributed by atoms with E-state index >= 15 is 0 Å². The minimum Gasteiger partial charge on any atom is -0.309 e. The molecule has 0 fully saturated rings. The smallest absolute Gasteiger partial charge is 0.160 e. The zero-order chi connectivity index (χ0) is 95.9. The number of hydrogen-bond acceptors (Lipinski definition) is 2. The van der Waals surface area contributed by atoms with E-state index < -0.39 is 0 Å². The molecule has 8 nitrogen and oxygen atoms in total. The summed E-state index contributed by atoms with van der Waals surface area (Å²) in [4.78, 5) is 11.6. The van der Waals surface area contributed by atoms with Gasteiger partial charge in [0.15, 0.2) is 5.82 Å². The Morgan fingerprint density at radius 2 is 0.400 bits per heavy atom. The van der Waals surface area contributed by atoms with Crippen LogP contribution in [-0.2, 0) is 16.2 Å². The highest BCUT2D eigenvalue weighted by atomic mass is 15.0. The number of aromatic nitrogens is 8. The van der Waals surface area contributed by atoms with Crippen molar-refractivity contribution in [1.29, 1.82) is 0 Å². The van der Waals surface area contributed by atoms with E-state index in [0.29, 0.717) is 5.82 Å². The van der Waals surface area contributed by atoms with Gasteiger partial charge in [-0.2, -0.15) is 0 Å². The van der Waals surface area contributed by atoms with Gasteiger partial charge < -0.3 is 27.4 Å². The van der Waals surface area contributed by atoms with Crippen LogP contribution >= 0.6 is 0 Å². The lowest BCUT2D eigenvalue weighted by Crippen LogP contribution is -2.15. The topological polar surface area (TPSA) is 55.4 Å². The second-order valence-corrected chi connectivity index (χ2v) is 41.9. The maximum atomic E-state index is 5.94. The lowest BCUT2D eigenvalue weighted by atomic mass is 9.82. The van der Waals surface area contributed by atoms with Gasteiger partial charge in [0, 0.05) is 132 Å². The molecule has 145 heavy (non-hydrogen) atoms. The van der Waals surface area contributed by atoms with Crippen molar-refractivity contribution < 1.29 is 0 Å². The Morgan fingerprint density at radius 3 is 0.724 bits per heavy atom. The van der Waals surface area contributed by atoms with Crippen molar-refractivity contribution in [3.05, 3.63) is 482 Å². The Kier molecular flexibility index (Phi) is 16.8. The van der Waals surface area contributed by atoms with E-state index in [1.807, 2.05) is 0 Å². The molecule has 7 heterocycles. The van der Waals surface area contributed by atoms with Gasteiger partial charge in [-0.05, 0) is 264 Å². The predicted octanol–water partition coefficient (Wildman–Crippen LogP) is 35.5. The third-order valence-electron chi connectivity index (χ3n) is 33.2.